The predicted molar refractivity (Wildman–Crippen MR) is 100 cm³/mol. The third kappa shape index (κ3) is 4.35. The Morgan fingerprint density at radius 1 is 1.21 bits per heavy atom. The summed E-state index contributed by atoms with van der Waals surface area (Å²) >= 11 is 1.40. The highest BCUT2D eigenvalue weighted by atomic mass is 32.2. The van der Waals surface area contributed by atoms with E-state index in [2.05, 4.69) is 5.32 Å². The Hall–Kier alpha value is -1.62. The molecule has 6 nitrogen and oxygen atoms in total. The number of thioether (sulfide) groups is 1. The van der Waals surface area contributed by atoms with Gasteiger partial charge < -0.3 is 20.7 Å². The Balaban J connectivity index is 1.94. The number of nitrogens with zero attached hydrogens (tertiary/aromatic N) is 2. The number of nitrogens with one attached hydrogen (secondary N) is 1. The minimum atomic E-state index is -1.30. The third-order valence-corrected chi connectivity index (χ3v) is 6.26. The molecule has 0 saturated carbocycles. The Morgan fingerprint density at radius 2 is 1.89 bits per heavy atom. The number of benzene rings is 1. The molecule has 1 amide bonds. The average Bonchev–Trinajstić information content (AvgIpc) is 3.15. The molecule has 0 spiro atoms. The van der Waals surface area contributed by atoms with Crippen LogP contribution in [0.4, 0.5) is 13.2 Å². The van der Waals surface area contributed by atoms with E-state index < -0.39 is 34.9 Å². The minimum absolute atomic E-state index is 0.0984. The molecule has 2 fully saturated rings. The molecule has 2 heterocycles. The lowest BCUT2D eigenvalue weighted by Gasteiger charge is -2.38. The van der Waals surface area contributed by atoms with E-state index >= 15 is 0 Å². The fourth-order valence-corrected chi connectivity index (χ4v) is 4.94. The van der Waals surface area contributed by atoms with Gasteiger partial charge >= 0.3 is 0 Å². The third-order valence-electron chi connectivity index (χ3n) is 5.06. The van der Waals surface area contributed by atoms with Crippen molar-refractivity contribution in [3.05, 3.63) is 35.1 Å². The van der Waals surface area contributed by atoms with Gasteiger partial charge in [-0.05, 0) is 6.07 Å². The average molecular weight is 416 g/mol. The van der Waals surface area contributed by atoms with E-state index in [4.69, 9.17) is 5.73 Å². The van der Waals surface area contributed by atoms with E-state index in [9.17, 15) is 22.8 Å². The minimum Gasteiger partial charge on any atom is -0.338 e. The molecular weight excluding hydrogens is 393 g/mol. The molecule has 1 aromatic carbocycles. The quantitative estimate of drug-likeness (QED) is 0.529. The van der Waals surface area contributed by atoms with Crippen molar-refractivity contribution in [2.75, 3.05) is 38.5 Å². The smallest absolute Gasteiger partial charge is 0.250 e. The summed E-state index contributed by atoms with van der Waals surface area (Å²) in [5, 5.41) is 2.56. The molecule has 2 unspecified atom stereocenters. The van der Waals surface area contributed by atoms with Gasteiger partial charge in [-0.15, -0.1) is 11.8 Å². The van der Waals surface area contributed by atoms with E-state index in [1.54, 1.807) is 9.80 Å². The van der Waals surface area contributed by atoms with Gasteiger partial charge in [0.1, 0.15) is 17.5 Å². The molecule has 0 bridgehead atoms. The number of amides is 1. The van der Waals surface area contributed by atoms with E-state index in [-0.39, 0.29) is 17.9 Å². The topological polar surface area (TPSA) is 78.7 Å². The lowest BCUT2D eigenvalue weighted by molar-refractivity contribution is -0.134. The summed E-state index contributed by atoms with van der Waals surface area (Å²) in [6.07, 6.45) is 0.505. The lowest BCUT2D eigenvalue weighted by atomic mass is 9.95. The molecule has 3 N–H and O–H groups in total. The number of aldehydes is 1. The van der Waals surface area contributed by atoms with Crippen LogP contribution in [-0.2, 0) is 9.59 Å². The van der Waals surface area contributed by atoms with E-state index in [1.807, 2.05) is 0 Å². The maximum absolute atomic E-state index is 14.5. The van der Waals surface area contributed by atoms with Crippen LogP contribution < -0.4 is 11.1 Å². The number of rotatable bonds is 6. The first-order valence-electron chi connectivity index (χ1n) is 9.14. The molecule has 2 aliphatic heterocycles. The van der Waals surface area contributed by atoms with Crippen LogP contribution >= 0.6 is 11.8 Å². The van der Waals surface area contributed by atoms with Gasteiger partial charge in [-0.2, -0.15) is 0 Å². The second kappa shape index (κ2) is 9.25. The fraction of sp³-hybridized carbons (Fsp3) is 0.556. The Kier molecular flexibility index (Phi) is 6.97. The molecule has 3 atom stereocenters. The molecule has 3 rings (SSSR count). The summed E-state index contributed by atoms with van der Waals surface area (Å²) in [5.74, 6) is -2.95. The largest absolute Gasteiger partial charge is 0.338 e. The number of hydrogen-bond donors (Lipinski definition) is 2. The number of hydrogen-bond acceptors (Lipinski definition) is 6. The molecule has 0 radical (unpaired) electrons. The standard InChI is InChI=1S/C18H23F3N4O2S/c19-12-10-14(21)13(20)9-11(12)16(15(22)1-7-26)25-6-8-28-18(25)17(27)24-4-2-23-3-5-24/h7,9-10,15-16,18,23H,1-6,8,22H2/t15-,16?,18?/m1/s1. The highest BCUT2D eigenvalue weighted by molar-refractivity contribution is 8.00. The van der Waals surface area contributed by atoms with Crippen LogP contribution in [0.25, 0.3) is 0 Å². The van der Waals surface area contributed by atoms with Gasteiger partial charge in [-0.1, -0.05) is 0 Å². The van der Waals surface area contributed by atoms with Crippen LogP contribution in [0.3, 0.4) is 0 Å². The molecule has 10 heteroatoms. The van der Waals surface area contributed by atoms with Gasteiger partial charge in [0.05, 0.1) is 6.04 Å². The lowest BCUT2D eigenvalue weighted by Crippen LogP contribution is -2.54. The first kappa shape index (κ1) is 21.1. The molecule has 1 aromatic rings. The van der Waals surface area contributed by atoms with Crippen LogP contribution in [0.5, 0.6) is 0 Å². The first-order chi connectivity index (χ1) is 13.4. The van der Waals surface area contributed by atoms with Crippen molar-refractivity contribution >= 4 is 24.0 Å². The summed E-state index contributed by atoms with van der Waals surface area (Å²) in [6, 6.07) is -0.544. The van der Waals surface area contributed by atoms with Gasteiger partial charge in [-0.25, -0.2) is 13.2 Å². The summed E-state index contributed by atoms with van der Waals surface area (Å²) in [7, 11) is 0. The number of carbonyl (C=O) groups excluding carboxylic acids is 2. The molecule has 28 heavy (non-hydrogen) atoms. The number of nitrogens with two attached hydrogens (primary N) is 1. The summed E-state index contributed by atoms with van der Waals surface area (Å²) < 4.78 is 41.8. The van der Waals surface area contributed by atoms with Crippen LogP contribution in [0.2, 0.25) is 0 Å². The van der Waals surface area contributed by atoms with E-state index in [1.165, 1.54) is 11.8 Å². The Bertz CT molecular complexity index is 733. The van der Waals surface area contributed by atoms with Gasteiger partial charge in [0, 0.05) is 62.6 Å². The van der Waals surface area contributed by atoms with Crippen molar-refractivity contribution in [1.29, 1.82) is 0 Å². The van der Waals surface area contributed by atoms with Gasteiger partial charge in [0.25, 0.3) is 0 Å². The summed E-state index contributed by atoms with van der Waals surface area (Å²) in [5.41, 5.74) is 5.99. The molecule has 2 saturated heterocycles. The van der Waals surface area contributed by atoms with Crippen molar-refractivity contribution in [2.24, 2.45) is 5.73 Å². The Labute approximate surface area is 165 Å². The summed E-state index contributed by atoms with van der Waals surface area (Å²) in [4.78, 5) is 27.5. The zero-order valence-electron chi connectivity index (χ0n) is 15.2. The normalized spacial score (nSPS) is 22.9. The van der Waals surface area contributed by atoms with Crippen molar-refractivity contribution in [1.82, 2.24) is 15.1 Å². The van der Waals surface area contributed by atoms with E-state index in [0.717, 1.165) is 6.07 Å². The molecule has 154 valence electrons. The van der Waals surface area contributed by atoms with Crippen LogP contribution in [-0.4, -0.2) is 71.9 Å². The monoisotopic (exact) mass is 416 g/mol. The zero-order valence-corrected chi connectivity index (χ0v) is 16.1. The second-order valence-corrected chi connectivity index (χ2v) is 8.02. The maximum Gasteiger partial charge on any atom is 0.250 e. The molecular formula is C18H23F3N4O2S. The highest BCUT2D eigenvalue weighted by Gasteiger charge is 2.42. The maximum atomic E-state index is 14.5. The SMILES string of the molecule is N[C@H](CC=O)C(c1cc(F)c(F)cc1F)N1CCSC1C(=O)N1CCNCC1. The van der Waals surface area contributed by atoms with Gasteiger partial charge in [0.15, 0.2) is 11.6 Å². The van der Waals surface area contributed by atoms with Gasteiger partial charge in [0.2, 0.25) is 5.91 Å². The van der Waals surface area contributed by atoms with Crippen molar-refractivity contribution in [2.45, 2.75) is 23.9 Å². The fourth-order valence-electron chi connectivity index (χ4n) is 3.68. The zero-order chi connectivity index (χ0) is 20.3. The first-order valence-corrected chi connectivity index (χ1v) is 10.2. The summed E-state index contributed by atoms with van der Waals surface area (Å²) in [6.45, 7) is 2.93. The van der Waals surface area contributed by atoms with E-state index in [0.29, 0.717) is 50.8 Å². The Morgan fingerprint density at radius 3 is 2.57 bits per heavy atom. The van der Waals surface area contributed by atoms with Crippen LogP contribution in [0.1, 0.15) is 18.0 Å². The second-order valence-electron chi connectivity index (χ2n) is 6.84. The van der Waals surface area contributed by atoms with Crippen molar-refractivity contribution in [3.8, 4) is 0 Å². The van der Waals surface area contributed by atoms with Crippen molar-refractivity contribution < 1.29 is 22.8 Å². The number of carbonyl (C=O) groups is 2. The number of piperazine rings is 1. The molecule has 2 aliphatic rings. The van der Waals surface area contributed by atoms with Crippen LogP contribution in [0.15, 0.2) is 12.1 Å². The van der Waals surface area contributed by atoms with Crippen LogP contribution in [0, 0.1) is 17.5 Å². The number of halogens is 3. The predicted octanol–water partition coefficient (Wildman–Crippen LogP) is 0.868. The molecule has 0 aliphatic carbocycles. The van der Waals surface area contributed by atoms with Gasteiger partial charge in [-0.3, -0.25) is 9.69 Å². The highest BCUT2D eigenvalue weighted by Crippen LogP contribution is 2.37. The van der Waals surface area contributed by atoms with Crippen molar-refractivity contribution in [3.63, 3.8) is 0 Å². The molecule has 0 aromatic heterocycles.